The van der Waals surface area contributed by atoms with E-state index in [1.54, 1.807) is 0 Å². The van der Waals surface area contributed by atoms with E-state index in [9.17, 15) is 13.2 Å². The van der Waals surface area contributed by atoms with E-state index >= 15 is 0 Å². The van der Waals surface area contributed by atoms with Gasteiger partial charge in [-0.15, -0.1) is 4.40 Å². The predicted octanol–water partition coefficient (Wildman–Crippen LogP) is 4.76. The van der Waals surface area contributed by atoms with Crippen LogP contribution < -0.4 is 5.32 Å². The summed E-state index contributed by atoms with van der Waals surface area (Å²) < 4.78 is 30.3. The Hall–Kier alpha value is -2.93. The minimum Gasteiger partial charge on any atom is -0.356 e. The van der Waals surface area contributed by atoms with Gasteiger partial charge in [-0.3, -0.25) is 4.79 Å². The maximum absolute atomic E-state index is 13.1. The van der Waals surface area contributed by atoms with E-state index in [1.165, 1.54) is 11.1 Å². The molecule has 2 heterocycles. The Balaban J connectivity index is 1.28. The number of likely N-dealkylation sites (tertiary alicyclic amines) is 1. The summed E-state index contributed by atoms with van der Waals surface area (Å²) >= 11 is 0. The zero-order valence-electron chi connectivity index (χ0n) is 20.5. The first-order valence-corrected chi connectivity index (χ1v) is 14.1. The first kappa shape index (κ1) is 23.8. The van der Waals surface area contributed by atoms with Crippen molar-refractivity contribution >= 4 is 26.7 Å². The van der Waals surface area contributed by atoms with Gasteiger partial charge in [0.1, 0.15) is 10.7 Å². The highest BCUT2D eigenvalue weighted by atomic mass is 32.2. The van der Waals surface area contributed by atoms with Crippen LogP contribution in [-0.2, 0) is 21.2 Å². The molecular formula is C28H33N3O3S. The highest BCUT2D eigenvalue weighted by Crippen LogP contribution is 2.37. The lowest BCUT2D eigenvalue weighted by molar-refractivity contribution is -0.127. The fourth-order valence-corrected chi connectivity index (χ4v) is 7.14. The number of hydrogen-bond acceptors (Lipinski definition) is 4. The zero-order valence-corrected chi connectivity index (χ0v) is 21.3. The predicted molar refractivity (Wildman–Crippen MR) is 139 cm³/mol. The van der Waals surface area contributed by atoms with Crippen molar-refractivity contribution in [3.8, 4) is 0 Å². The molecule has 2 aliphatic heterocycles. The van der Waals surface area contributed by atoms with E-state index in [0.717, 1.165) is 30.4 Å². The van der Waals surface area contributed by atoms with Crippen molar-refractivity contribution in [2.24, 2.45) is 10.3 Å². The molecule has 2 aromatic rings. The highest BCUT2D eigenvalue weighted by Gasteiger charge is 2.37. The molecule has 2 aromatic carbocycles. The number of fused-ring (bicyclic) bond motifs is 1. The Bertz CT molecular complexity index is 1290. The van der Waals surface area contributed by atoms with E-state index in [2.05, 4.69) is 32.8 Å². The molecule has 6 nitrogen and oxygen atoms in total. The van der Waals surface area contributed by atoms with Gasteiger partial charge in [0.25, 0.3) is 10.0 Å². The van der Waals surface area contributed by atoms with Crippen molar-refractivity contribution in [3.63, 3.8) is 0 Å². The molecule has 1 saturated heterocycles. The Morgan fingerprint density at radius 3 is 2.49 bits per heavy atom. The summed E-state index contributed by atoms with van der Waals surface area (Å²) in [4.78, 5) is 15.5. The molecule has 0 radical (unpaired) electrons. The highest BCUT2D eigenvalue weighted by molar-refractivity contribution is 8.00. The number of aryl methyl sites for hydroxylation is 2. The number of carbonyl (C=O) groups is 1. The van der Waals surface area contributed by atoms with E-state index in [0.29, 0.717) is 48.7 Å². The van der Waals surface area contributed by atoms with Gasteiger partial charge in [-0.05, 0) is 62.1 Å². The first-order chi connectivity index (χ1) is 16.9. The average Bonchev–Trinajstić information content (AvgIpc) is 3.15. The lowest BCUT2D eigenvalue weighted by Gasteiger charge is -2.34. The number of nitrogens with zero attached hydrogens (tertiary/aromatic N) is 2. The molecule has 7 heteroatoms. The smallest absolute Gasteiger partial charge is 0.285 e. The molecule has 35 heavy (non-hydrogen) atoms. The Labute approximate surface area is 208 Å². The first-order valence-electron chi connectivity index (χ1n) is 12.7. The summed E-state index contributed by atoms with van der Waals surface area (Å²) in [6.45, 7) is 5.20. The van der Waals surface area contributed by atoms with Crippen LogP contribution in [0.4, 0.5) is 0 Å². The van der Waals surface area contributed by atoms with Crippen molar-refractivity contribution in [2.75, 3.05) is 13.1 Å². The maximum atomic E-state index is 13.1. The van der Waals surface area contributed by atoms with E-state index < -0.39 is 10.0 Å². The Kier molecular flexibility index (Phi) is 6.53. The molecule has 1 aliphatic carbocycles. The molecule has 1 atom stereocenters. The SMILES string of the molecule is CCC1=C(c2ccc(C)cc2)S(=O)(=O)N=C1N1CCC(C(=O)N[C@H]2CCCc3ccccc32)CC1. The minimum atomic E-state index is -3.74. The third-order valence-electron chi connectivity index (χ3n) is 7.53. The number of piperidine rings is 1. The molecule has 0 aromatic heterocycles. The largest absolute Gasteiger partial charge is 0.356 e. The van der Waals surface area contributed by atoms with Crippen LogP contribution in [0.1, 0.15) is 67.3 Å². The van der Waals surface area contributed by atoms with Gasteiger partial charge in [0.05, 0.1) is 6.04 Å². The molecular weight excluding hydrogens is 458 g/mol. The van der Waals surface area contributed by atoms with E-state index in [1.807, 2.05) is 44.2 Å². The number of nitrogens with one attached hydrogen (secondary N) is 1. The number of hydrogen-bond donors (Lipinski definition) is 1. The maximum Gasteiger partial charge on any atom is 0.285 e. The lowest BCUT2D eigenvalue weighted by Crippen LogP contribution is -2.44. The summed E-state index contributed by atoms with van der Waals surface area (Å²) in [5, 5.41) is 3.30. The normalized spacial score (nSPS) is 22.1. The molecule has 3 aliphatic rings. The summed E-state index contributed by atoms with van der Waals surface area (Å²) in [7, 11) is -3.74. The molecule has 1 amide bonds. The second-order valence-electron chi connectivity index (χ2n) is 9.83. The molecule has 0 unspecified atom stereocenters. The van der Waals surface area contributed by atoms with Gasteiger partial charge in [-0.1, -0.05) is 61.0 Å². The van der Waals surface area contributed by atoms with Crippen LogP contribution in [0.2, 0.25) is 0 Å². The third kappa shape index (κ3) is 4.66. The van der Waals surface area contributed by atoms with E-state index in [-0.39, 0.29) is 17.9 Å². The Morgan fingerprint density at radius 1 is 1.06 bits per heavy atom. The van der Waals surface area contributed by atoms with Gasteiger partial charge < -0.3 is 10.2 Å². The van der Waals surface area contributed by atoms with Gasteiger partial charge in [-0.2, -0.15) is 8.42 Å². The molecule has 1 fully saturated rings. The zero-order chi connectivity index (χ0) is 24.6. The van der Waals surface area contributed by atoms with Crippen molar-refractivity contribution in [1.82, 2.24) is 10.2 Å². The van der Waals surface area contributed by atoms with Gasteiger partial charge in [-0.25, -0.2) is 0 Å². The fraction of sp³-hybridized carbons (Fsp3) is 0.429. The minimum absolute atomic E-state index is 0.0652. The number of amidine groups is 1. The lowest BCUT2D eigenvalue weighted by atomic mass is 9.87. The number of amides is 1. The van der Waals surface area contributed by atoms with Crippen LogP contribution in [0.25, 0.3) is 4.91 Å². The molecule has 0 spiro atoms. The van der Waals surface area contributed by atoms with Gasteiger partial charge in [0.2, 0.25) is 5.91 Å². The van der Waals surface area contributed by atoms with Crippen LogP contribution in [-0.4, -0.2) is 38.2 Å². The molecule has 5 rings (SSSR count). The second kappa shape index (κ2) is 9.61. The molecule has 0 saturated carbocycles. The monoisotopic (exact) mass is 491 g/mol. The Morgan fingerprint density at radius 2 is 1.77 bits per heavy atom. The van der Waals surface area contributed by atoms with Crippen molar-refractivity contribution in [3.05, 3.63) is 76.4 Å². The fourth-order valence-electron chi connectivity index (χ4n) is 5.61. The summed E-state index contributed by atoms with van der Waals surface area (Å²) in [5.41, 5.74) is 5.13. The third-order valence-corrected chi connectivity index (χ3v) is 8.94. The number of sulfonamides is 1. The summed E-state index contributed by atoms with van der Waals surface area (Å²) in [5.74, 6) is 0.603. The van der Waals surface area contributed by atoms with Crippen molar-refractivity contribution < 1.29 is 13.2 Å². The summed E-state index contributed by atoms with van der Waals surface area (Å²) in [6, 6.07) is 16.1. The van der Waals surface area contributed by atoms with Crippen LogP contribution >= 0.6 is 0 Å². The quantitative estimate of drug-likeness (QED) is 0.669. The standard InChI is InChI=1S/C28H33N3O3S/c1-3-23-26(21-13-11-19(2)12-14-21)35(33,34)30-27(23)31-17-15-22(16-18-31)28(32)29-25-10-6-8-20-7-4-5-9-24(20)25/h4-5,7,9,11-14,22,25H,3,6,8,10,15-18H2,1-2H3,(H,29,32)/t25-/m0/s1. The topological polar surface area (TPSA) is 78.8 Å². The van der Waals surface area contributed by atoms with Crippen molar-refractivity contribution in [2.45, 2.75) is 58.4 Å². The van der Waals surface area contributed by atoms with Crippen LogP contribution in [0.5, 0.6) is 0 Å². The number of rotatable bonds is 4. The molecule has 0 bridgehead atoms. The molecule has 1 N–H and O–H groups in total. The molecule has 184 valence electrons. The van der Waals surface area contributed by atoms with Crippen molar-refractivity contribution in [1.29, 1.82) is 0 Å². The second-order valence-corrected chi connectivity index (χ2v) is 11.4. The van der Waals surface area contributed by atoms with Gasteiger partial charge in [0, 0.05) is 24.6 Å². The summed E-state index contributed by atoms with van der Waals surface area (Å²) in [6.07, 6.45) is 5.10. The average molecular weight is 492 g/mol. The number of benzene rings is 2. The van der Waals surface area contributed by atoms with Crippen LogP contribution in [0.3, 0.4) is 0 Å². The van der Waals surface area contributed by atoms with Gasteiger partial charge in [0.15, 0.2) is 0 Å². The number of carbonyl (C=O) groups excluding carboxylic acids is 1. The van der Waals surface area contributed by atoms with Crippen LogP contribution in [0.15, 0.2) is 58.5 Å². The van der Waals surface area contributed by atoms with Crippen LogP contribution in [0, 0.1) is 12.8 Å². The van der Waals surface area contributed by atoms with Gasteiger partial charge >= 0.3 is 0 Å². The van der Waals surface area contributed by atoms with E-state index in [4.69, 9.17) is 0 Å².